The maximum Gasteiger partial charge on any atom is 0.291 e. The molecule has 0 spiro atoms. The highest BCUT2D eigenvalue weighted by atomic mass is 32.2. The lowest BCUT2D eigenvalue weighted by Gasteiger charge is -2.06. The van der Waals surface area contributed by atoms with Gasteiger partial charge in [0.15, 0.2) is 5.75 Å². The van der Waals surface area contributed by atoms with E-state index in [4.69, 9.17) is 4.74 Å². The fourth-order valence-electron chi connectivity index (χ4n) is 3.27. The van der Waals surface area contributed by atoms with E-state index in [2.05, 4.69) is 25.4 Å². The summed E-state index contributed by atoms with van der Waals surface area (Å²) < 4.78 is 10.2. The quantitative estimate of drug-likeness (QED) is 0.285. The van der Waals surface area contributed by atoms with Crippen LogP contribution in [0.15, 0.2) is 45.5 Å². The molecular weight excluding hydrogens is 404 g/mol. The van der Waals surface area contributed by atoms with E-state index in [9.17, 15) is 4.79 Å². The molecule has 4 aromatic rings. The summed E-state index contributed by atoms with van der Waals surface area (Å²) in [5, 5.41) is 17.4. The number of ether oxygens (including phenoxy) is 1. The number of H-pyrrole nitrogens is 1. The Balaban J connectivity index is 1.66. The highest BCUT2D eigenvalue weighted by Crippen LogP contribution is 2.29. The number of nitrogens with zero attached hydrogens (tertiary/aromatic N) is 7. The number of rotatable bonds is 6. The van der Waals surface area contributed by atoms with Gasteiger partial charge in [0.25, 0.3) is 5.56 Å². The lowest BCUT2D eigenvalue weighted by molar-refractivity contribution is 0.406. The number of aliphatic imine (C=N–C) groups is 1. The average molecular weight is 427 g/mol. The number of thioether (sulfide) groups is 1. The Bertz CT molecular complexity index is 1270. The lowest BCUT2D eigenvalue weighted by Crippen LogP contribution is -2.24. The SMILES string of the molecule is CN=C(Cc1ccn[nH]1)Sc1cn(C)c2c(=O)n(Cc3nn(C)cc3OC)ncc12. The van der Waals surface area contributed by atoms with Gasteiger partial charge in [0.1, 0.15) is 11.2 Å². The molecule has 0 aromatic carbocycles. The van der Waals surface area contributed by atoms with E-state index < -0.39 is 0 Å². The van der Waals surface area contributed by atoms with Crippen molar-refractivity contribution in [3.63, 3.8) is 0 Å². The second-order valence-electron chi connectivity index (χ2n) is 6.77. The zero-order valence-corrected chi connectivity index (χ0v) is 18.0. The summed E-state index contributed by atoms with van der Waals surface area (Å²) >= 11 is 1.52. The van der Waals surface area contributed by atoms with E-state index in [0.717, 1.165) is 21.0 Å². The van der Waals surface area contributed by atoms with E-state index in [0.29, 0.717) is 23.4 Å². The van der Waals surface area contributed by atoms with Crippen LogP contribution in [0.25, 0.3) is 10.9 Å². The van der Waals surface area contributed by atoms with Crippen LogP contribution in [0.3, 0.4) is 0 Å². The van der Waals surface area contributed by atoms with Gasteiger partial charge < -0.3 is 9.30 Å². The molecule has 0 saturated carbocycles. The standard InChI is InChI=1S/C19H22N8O2S/c1-20-17(7-12-5-6-21-23-12)30-16-11-25(2)18-13(16)8-22-27(19(18)28)9-14-15(29-4)10-26(3)24-14/h5-6,8,10-11H,7,9H2,1-4H3,(H,21,23). The predicted molar refractivity (Wildman–Crippen MR) is 115 cm³/mol. The normalized spacial score (nSPS) is 12.1. The Morgan fingerprint density at radius 1 is 1.33 bits per heavy atom. The Morgan fingerprint density at radius 3 is 2.87 bits per heavy atom. The Kier molecular flexibility index (Phi) is 5.44. The molecule has 4 heterocycles. The van der Waals surface area contributed by atoms with Crippen LogP contribution in [0, 0.1) is 0 Å². The number of hydrogen-bond acceptors (Lipinski definition) is 7. The van der Waals surface area contributed by atoms with E-state index >= 15 is 0 Å². The Hall–Kier alpha value is -3.34. The molecule has 0 bridgehead atoms. The van der Waals surface area contributed by atoms with Crippen molar-refractivity contribution in [1.29, 1.82) is 0 Å². The van der Waals surface area contributed by atoms with Crippen LogP contribution in [-0.2, 0) is 27.1 Å². The smallest absolute Gasteiger partial charge is 0.291 e. The molecule has 30 heavy (non-hydrogen) atoms. The monoisotopic (exact) mass is 426 g/mol. The van der Waals surface area contributed by atoms with Gasteiger partial charge in [-0.3, -0.25) is 19.6 Å². The molecule has 0 radical (unpaired) electrons. The van der Waals surface area contributed by atoms with E-state index in [1.54, 1.807) is 37.4 Å². The third-order valence-electron chi connectivity index (χ3n) is 4.71. The summed E-state index contributed by atoms with van der Waals surface area (Å²) in [4.78, 5) is 18.5. The van der Waals surface area contributed by atoms with Crippen molar-refractivity contribution in [3.05, 3.63) is 52.6 Å². The minimum Gasteiger partial charge on any atom is -0.493 e. The third kappa shape index (κ3) is 3.75. The summed E-state index contributed by atoms with van der Waals surface area (Å²) in [6.45, 7) is 0.230. The fourth-order valence-corrected chi connectivity index (χ4v) is 4.31. The van der Waals surface area contributed by atoms with Crippen LogP contribution in [0.2, 0.25) is 0 Å². The summed E-state index contributed by atoms with van der Waals surface area (Å²) in [5.41, 5.74) is 2.03. The van der Waals surface area contributed by atoms with Crippen molar-refractivity contribution in [2.45, 2.75) is 17.9 Å². The Morgan fingerprint density at radius 2 is 2.17 bits per heavy atom. The lowest BCUT2D eigenvalue weighted by atomic mass is 10.3. The van der Waals surface area contributed by atoms with Gasteiger partial charge in [-0.2, -0.15) is 15.3 Å². The second-order valence-corrected chi connectivity index (χ2v) is 7.89. The van der Waals surface area contributed by atoms with Crippen LogP contribution in [0.1, 0.15) is 11.4 Å². The molecule has 0 aliphatic rings. The van der Waals surface area contributed by atoms with Gasteiger partial charge in [0, 0.05) is 55.9 Å². The second kappa shape index (κ2) is 8.19. The molecule has 0 fully saturated rings. The largest absolute Gasteiger partial charge is 0.493 e. The van der Waals surface area contributed by atoms with Gasteiger partial charge in [0.05, 0.1) is 31.1 Å². The van der Waals surface area contributed by atoms with E-state index in [1.807, 2.05) is 30.9 Å². The van der Waals surface area contributed by atoms with Crippen LogP contribution in [0.4, 0.5) is 0 Å². The molecule has 156 valence electrons. The fraction of sp³-hybridized carbons (Fsp3) is 0.316. The molecule has 0 saturated heterocycles. The summed E-state index contributed by atoms with van der Waals surface area (Å²) in [7, 11) is 7.01. The summed E-state index contributed by atoms with van der Waals surface area (Å²) in [5.74, 6) is 0.622. The zero-order chi connectivity index (χ0) is 21.3. The molecule has 0 aliphatic heterocycles. The van der Waals surface area contributed by atoms with Gasteiger partial charge in [-0.25, -0.2) is 4.68 Å². The first kappa shape index (κ1) is 20.0. The molecule has 0 unspecified atom stereocenters. The zero-order valence-electron chi connectivity index (χ0n) is 17.2. The molecule has 1 N–H and O–H groups in total. The first-order chi connectivity index (χ1) is 14.5. The van der Waals surface area contributed by atoms with Gasteiger partial charge in [-0.05, 0) is 6.07 Å². The van der Waals surface area contributed by atoms with Crippen molar-refractivity contribution >= 4 is 27.7 Å². The highest BCUT2D eigenvalue weighted by Gasteiger charge is 2.17. The maximum atomic E-state index is 13.1. The van der Waals surface area contributed by atoms with Gasteiger partial charge in [-0.1, -0.05) is 11.8 Å². The first-order valence-electron chi connectivity index (χ1n) is 9.23. The highest BCUT2D eigenvalue weighted by molar-refractivity contribution is 8.14. The predicted octanol–water partition coefficient (Wildman–Crippen LogP) is 1.61. The topological polar surface area (TPSA) is 108 Å². The molecule has 10 nitrogen and oxygen atoms in total. The number of hydrogen-bond donors (Lipinski definition) is 1. The number of fused-ring (bicyclic) bond motifs is 1. The third-order valence-corrected chi connectivity index (χ3v) is 5.82. The molecule has 0 atom stereocenters. The molecular formula is C19H22N8O2S. The molecule has 4 rings (SSSR count). The maximum absolute atomic E-state index is 13.1. The van der Waals surface area contributed by atoms with Crippen LogP contribution < -0.4 is 10.3 Å². The van der Waals surface area contributed by atoms with Gasteiger partial charge in [-0.15, -0.1) is 0 Å². The Labute approximate surface area is 176 Å². The van der Waals surface area contributed by atoms with Crippen molar-refractivity contribution in [2.24, 2.45) is 19.1 Å². The number of aromatic amines is 1. The van der Waals surface area contributed by atoms with Crippen molar-refractivity contribution in [1.82, 2.24) is 34.3 Å². The van der Waals surface area contributed by atoms with Crippen molar-refractivity contribution < 1.29 is 4.74 Å². The molecule has 4 aromatic heterocycles. The molecule has 0 aliphatic carbocycles. The number of aryl methyl sites for hydroxylation is 2. The average Bonchev–Trinajstić information content (AvgIpc) is 3.43. The minimum atomic E-state index is -0.182. The van der Waals surface area contributed by atoms with Crippen LogP contribution >= 0.6 is 11.8 Å². The minimum absolute atomic E-state index is 0.182. The van der Waals surface area contributed by atoms with Crippen LogP contribution in [0.5, 0.6) is 5.75 Å². The summed E-state index contributed by atoms with van der Waals surface area (Å²) in [6.07, 6.45) is 7.78. The van der Waals surface area contributed by atoms with Crippen molar-refractivity contribution in [3.8, 4) is 5.75 Å². The molecule has 11 heteroatoms. The van der Waals surface area contributed by atoms with Crippen molar-refractivity contribution in [2.75, 3.05) is 14.2 Å². The summed E-state index contributed by atoms with van der Waals surface area (Å²) in [6, 6.07) is 1.92. The van der Waals surface area contributed by atoms with E-state index in [1.165, 1.54) is 16.4 Å². The van der Waals surface area contributed by atoms with E-state index in [-0.39, 0.29) is 12.1 Å². The van der Waals surface area contributed by atoms with Crippen LogP contribution in [-0.4, -0.2) is 53.5 Å². The first-order valence-corrected chi connectivity index (χ1v) is 10.0. The number of aromatic nitrogens is 7. The van der Waals surface area contributed by atoms with Gasteiger partial charge in [0.2, 0.25) is 0 Å². The molecule has 0 amide bonds. The number of nitrogens with one attached hydrogen (secondary N) is 1. The van der Waals surface area contributed by atoms with Gasteiger partial charge >= 0.3 is 0 Å². The number of methoxy groups -OCH3 is 1.